The van der Waals surface area contributed by atoms with Gasteiger partial charge in [-0.25, -0.2) is 4.98 Å². The lowest BCUT2D eigenvalue weighted by Gasteiger charge is -2.01. The van der Waals surface area contributed by atoms with E-state index in [4.69, 9.17) is 32.7 Å². The molecule has 0 radical (unpaired) electrons. The highest BCUT2D eigenvalue weighted by molar-refractivity contribution is 6.31. The van der Waals surface area contributed by atoms with Crippen LogP contribution in [0.1, 0.15) is 23.4 Å². The molecule has 0 atom stereocenters. The van der Waals surface area contributed by atoms with Gasteiger partial charge in [-0.1, -0.05) is 35.3 Å². The van der Waals surface area contributed by atoms with Gasteiger partial charge in [0.25, 0.3) is 0 Å². The predicted octanol–water partition coefficient (Wildman–Crippen LogP) is 4.65. The van der Waals surface area contributed by atoms with E-state index in [1.807, 2.05) is 30.3 Å². The summed E-state index contributed by atoms with van der Waals surface area (Å²) in [5.41, 5.74) is 3.51. The van der Waals surface area contributed by atoms with E-state index in [9.17, 15) is 0 Å². The maximum Gasteiger partial charge on any atom is 0.199 e. The standard InChI is InChI=1S/C17H15Cl2NO2/c18-13-5-1-3-11(7-13)8-16-20-15-10-14(19)9-12(4-2-6-21)17(15)22-16/h1,3,5,7,9-10,21H,2,4,6,8H2. The van der Waals surface area contributed by atoms with Gasteiger partial charge in [-0.2, -0.15) is 0 Å². The second kappa shape index (κ2) is 6.69. The fraction of sp³-hybridized carbons (Fsp3) is 0.235. The highest BCUT2D eigenvalue weighted by Gasteiger charge is 2.12. The van der Waals surface area contributed by atoms with E-state index in [1.54, 1.807) is 6.07 Å². The van der Waals surface area contributed by atoms with Gasteiger partial charge in [-0.15, -0.1) is 0 Å². The molecule has 0 spiro atoms. The van der Waals surface area contributed by atoms with Crippen LogP contribution in [0.25, 0.3) is 11.1 Å². The Kier molecular flexibility index (Phi) is 4.67. The van der Waals surface area contributed by atoms with Crippen molar-refractivity contribution in [2.45, 2.75) is 19.3 Å². The summed E-state index contributed by atoms with van der Waals surface area (Å²) in [6, 6.07) is 11.3. The van der Waals surface area contributed by atoms with Crippen molar-refractivity contribution in [2.75, 3.05) is 6.61 Å². The van der Waals surface area contributed by atoms with Gasteiger partial charge in [0.05, 0.1) is 0 Å². The molecule has 0 saturated carbocycles. The molecule has 22 heavy (non-hydrogen) atoms. The quantitative estimate of drug-likeness (QED) is 0.738. The molecular formula is C17H15Cl2NO2. The fourth-order valence-corrected chi connectivity index (χ4v) is 2.91. The van der Waals surface area contributed by atoms with Crippen molar-refractivity contribution < 1.29 is 9.52 Å². The molecule has 3 aromatic rings. The number of aryl methyl sites for hydroxylation is 1. The summed E-state index contributed by atoms with van der Waals surface area (Å²) in [6.45, 7) is 0.136. The van der Waals surface area contributed by atoms with Crippen LogP contribution in [0.5, 0.6) is 0 Å². The summed E-state index contributed by atoms with van der Waals surface area (Å²) in [5.74, 6) is 0.629. The van der Waals surface area contributed by atoms with Gasteiger partial charge < -0.3 is 9.52 Å². The third-order valence-electron chi connectivity index (χ3n) is 3.42. The predicted molar refractivity (Wildman–Crippen MR) is 88.7 cm³/mol. The lowest BCUT2D eigenvalue weighted by atomic mass is 10.1. The fourth-order valence-electron chi connectivity index (χ4n) is 2.46. The van der Waals surface area contributed by atoms with Crippen molar-refractivity contribution in [3.63, 3.8) is 0 Å². The van der Waals surface area contributed by atoms with Gasteiger partial charge in [0.1, 0.15) is 5.52 Å². The SMILES string of the molecule is OCCCc1cc(Cl)cc2nc(Cc3cccc(Cl)c3)oc12. The number of halogens is 2. The number of rotatable bonds is 5. The van der Waals surface area contributed by atoms with Crippen molar-refractivity contribution in [1.29, 1.82) is 0 Å². The number of aromatic nitrogens is 1. The van der Waals surface area contributed by atoms with Gasteiger partial charge in [-0.05, 0) is 48.2 Å². The Morgan fingerprint density at radius 1 is 1.09 bits per heavy atom. The van der Waals surface area contributed by atoms with E-state index in [0.717, 1.165) is 22.2 Å². The number of nitrogens with zero attached hydrogens (tertiary/aromatic N) is 1. The molecular weight excluding hydrogens is 321 g/mol. The minimum atomic E-state index is 0.136. The molecule has 0 aliphatic carbocycles. The van der Waals surface area contributed by atoms with Crippen LogP contribution in [0.15, 0.2) is 40.8 Å². The zero-order chi connectivity index (χ0) is 15.5. The van der Waals surface area contributed by atoms with Crippen molar-refractivity contribution in [3.05, 3.63) is 63.5 Å². The van der Waals surface area contributed by atoms with E-state index in [-0.39, 0.29) is 6.61 Å². The highest BCUT2D eigenvalue weighted by atomic mass is 35.5. The van der Waals surface area contributed by atoms with Crippen LogP contribution in [0.2, 0.25) is 10.0 Å². The normalized spacial score (nSPS) is 11.2. The Morgan fingerprint density at radius 2 is 1.95 bits per heavy atom. The number of aliphatic hydroxyl groups excluding tert-OH is 1. The zero-order valence-corrected chi connectivity index (χ0v) is 13.4. The van der Waals surface area contributed by atoms with Crippen molar-refractivity contribution >= 4 is 34.3 Å². The number of aliphatic hydroxyl groups is 1. The van der Waals surface area contributed by atoms with E-state index in [2.05, 4.69) is 4.98 Å². The van der Waals surface area contributed by atoms with Gasteiger partial charge in [0.2, 0.25) is 0 Å². The summed E-state index contributed by atoms with van der Waals surface area (Å²) >= 11 is 12.1. The van der Waals surface area contributed by atoms with Crippen molar-refractivity contribution in [2.24, 2.45) is 0 Å². The first-order valence-corrected chi connectivity index (χ1v) is 7.84. The Balaban J connectivity index is 1.95. The number of oxazole rings is 1. The molecule has 1 aromatic heterocycles. The average Bonchev–Trinajstić information content (AvgIpc) is 2.87. The molecule has 0 saturated heterocycles. The van der Waals surface area contributed by atoms with Crippen LogP contribution >= 0.6 is 23.2 Å². The van der Waals surface area contributed by atoms with Crippen LogP contribution in [0, 0.1) is 0 Å². The molecule has 3 nitrogen and oxygen atoms in total. The number of hydrogen-bond acceptors (Lipinski definition) is 3. The molecule has 1 heterocycles. The molecule has 3 rings (SSSR count). The topological polar surface area (TPSA) is 46.3 Å². The molecule has 0 aliphatic heterocycles. The number of benzene rings is 2. The second-order valence-corrected chi connectivity index (χ2v) is 6.03. The maximum atomic E-state index is 9.00. The van der Waals surface area contributed by atoms with Gasteiger partial charge in [-0.3, -0.25) is 0 Å². The van der Waals surface area contributed by atoms with Gasteiger partial charge in [0, 0.05) is 23.1 Å². The van der Waals surface area contributed by atoms with Crippen LogP contribution in [0.3, 0.4) is 0 Å². The molecule has 1 N–H and O–H groups in total. The molecule has 0 bridgehead atoms. The lowest BCUT2D eigenvalue weighted by molar-refractivity contribution is 0.288. The van der Waals surface area contributed by atoms with Crippen molar-refractivity contribution in [1.82, 2.24) is 4.98 Å². The second-order valence-electron chi connectivity index (χ2n) is 5.15. The smallest absolute Gasteiger partial charge is 0.199 e. The Morgan fingerprint density at radius 3 is 2.73 bits per heavy atom. The van der Waals surface area contributed by atoms with Crippen LogP contribution in [-0.4, -0.2) is 16.7 Å². The summed E-state index contributed by atoms with van der Waals surface area (Å²) in [5, 5.41) is 10.3. The molecule has 0 aliphatic rings. The van der Waals surface area contributed by atoms with Gasteiger partial charge >= 0.3 is 0 Å². The Labute approximate surface area is 138 Å². The largest absolute Gasteiger partial charge is 0.440 e. The van der Waals surface area contributed by atoms with Crippen LogP contribution in [-0.2, 0) is 12.8 Å². The molecule has 0 amide bonds. The summed E-state index contributed by atoms with van der Waals surface area (Å²) in [4.78, 5) is 4.51. The minimum absolute atomic E-state index is 0.136. The van der Waals surface area contributed by atoms with Gasteiger partial charge in [0.15, 0.2) is 11.5 Å². The Hall–Kier alpha value is -1.55. The van der Waals surface area contributed by atoms with E-state index < -0.39 is 0 Å². The third kappa shape index (κ3) is 3.43. The lowest BCUT2D eigenvalue weighted by Crippen LogP contribution is -1.90. The minimum Gasteiger partial charge on any atom is -0.440 e. The first-order valence-electron chi connectivity index (χ1n) is 7.09. The highest BCUT2D eigenvalue weighted by Crippen LogP contribution is 2.27. The number of fused-ring (bicyclic) bond motifs is 1. The number of hydrogen-bond donors (Lipinski definition) is 1. The summed E-state index contributed by atoms with van der Waals surface area (Å²) in [6.07, 6.45) is 1.95. The first kappa shape index (κ1) is 15.3. The first-order chi connectivity index (χ1) is 10.7. The summed E-state index contributed by atoms with van der Waals surface area (Å²) < 4.78 is 5.90. The maximum absolute atomic E-state index is 9.00. The monoisotopic (exact) mass is 335 g/mol. The molecule has 2 aromatic carbocycles. The Bertz CT molecular complexity index is 798. The van der Waals surface area contributed by atoms with E-state index in [1.165, 1.54) is 0 Å². The van der Waals surface area contributed by atoms with Crippen LogP contribution < -0.4 is 0 Å². The molecule has 0 unspecified atom stereocenters. The van der Waals surface area contributed by atoms with E-state index in [0.29, 0.717) is 35.2 Å². The third-order valence-corrected chi connectivity index (χ3v) is 3.88. The molecule has 114 valence electrons. The molecule has 5 heteroatoms. The van der Waals surface area contributed by atoms with Crippen molar-refractivity contribution in [3.8, 4) is 0 Å². The molecule has 0 fully saturated rings. The summed E-state index contributed by atoms with van der Waals surface area (Å²) in [7, 11) is 0. The average molecular weight is 336 g/mol. The van der Waals surface area contributed by atoms with E-state index >= 15 is 0 Å². The zero-order valence-electron chi connectivity index (χ0n) is 11.9. The van der Waals surface area contributed by atoms with Crippen LogP contribution in [0.4, 0.5) is 0 Å².